The van der Waals surface area contributed by atoms with Crippen molar-refractivity contribution >= 4 is 34.1 Å². The minimum Gasteiger partial charge on any atom is -0.355 e. The van der Waals surface area contributed by atoms with Crippen molar-refractivity contribution < 1.29 is 9.32 Å². The lowest BCUT2D eigenvalue weighted by atomic mass is 10.1. The zero-order valence-corrected chi connectivity index (χ0v) is 13.7. The number of nitrogens with zero attached hydrogens (tertiary/aromatic N) is 2. The lowest BCUT2D eigenvalue weighted by molar-refractivity contribution is 0.101. The van der Waals surface area contributed by atoms with E-state index >= 15 is 0 Å². The van der Waals surface area contributed by atoms with Crippen molar-refractivity contribution in [3.63, 3.8) is 0 Å². The quantitative estimate of drug-likeness (QED) is 0.577. The van der Waals surface area contributed by atoms with Crippen molar-refractivity contribution in [1.82, 2.24) is 10.1 Å². The highest BCUT2D eigenvalue weighted by atomic mass is 35.5. The Labute approximate surface area is 148 Å². The van der Waals surface area contributed by atoms with Crippen LogP contribution in [0.2, 0.25) is 5.02 Å². The van der Waals surface area contributed by atoms with Crippen LogP contribution in [0.4, 0.5) is 5.69 Å². The van der Waals surface area contributed by atoms with Crippen LogP contribution in [0.25, 0.3) is 22.2 Å². The lowest BCUT2D eigenvalue weighted by Crippen LogP contribution is -2.12. The highest BCUT2D eigenvalue weighted by Gasteiger charge is 2.15. The molecular weight excluding hydrogens is 338 g/mol. The summed E-state index contributed by atoms with van der Waals surface area (Å²) in [6, 6.07) is 18.0. The predicted molar refractivity (Wildman–Crippen MR) is 96.6 cm³/mol. The second-order valence-corrected chi connectivity index (χ2v) is 5.85. The molecule has 122 valence electrons. The topological polar surface area (TPSA) is 68.0 Å². The van der Waals surface area contributed by atoms with Crippen LogP contribution in [-0.2, 0) is 0 Å². The van der Waals surface area contributed by atoms with E-state index in [4.69, 9.17) is 16.1 Å². The largest absolute Gasteiger partial charge is 0.355 e. The molecule has 2 aromatic heterocycles. The van der Waals surface area contributed by atoms with Gasteiger partial charge >= 0.3 is 0 Å². The molecular formula is C19H12ClN3O2. The first-order valence-electron chi connectivity index (χ1n) is 7.58. The fourth-order valence-corrected chi connectivity index (χ4v) is 2.66. The predicted octanol–water partition coefficient (Wildman–Crippen LogP) is 4.80. The molecule has 0 saturated heterocycles. The van der Waals surface area contributed by atoms with Gasteiger partial charge in [-0.15, -0.1) is 0 Å². The van der Waals surface area contributed by atoms with E-state index in [1.54, 1.807) is 36.5 Å². The second-order valence-electron chi connectivity index (χ2n) is 5.41. The number of hydrogen-bond acceptors (Lipinski definition) is 4. The van der Waals surface area contributed by atoms with Gasteiger partial charge in [-0.25, -0.2) is 0 Å². The molecule has 0 fully saturated rings. The van der Waals surface area contributed by atoms with Crippen LogP contribution in [0.1, 0.15) is 10.5 Å². The average molecular weight is 350 g/mol. The zero-order valence-electron chi connectivity index (χ0n) is 12.9. The molecule has 5 nitrogen and oxygen atoms in total. The highest BCUT2D eigenvalue weighted by Crippen LogP contribution is 2.24. The third-order valence-electron chi connectivity index (χ3n) is 3.77. The summed E-state index contributed by atoms with van der Waals surface area (Å²) >= 11 is 5.88. The molecule has 0 aliphatic rings. The molecule has 0 atom stereocenters. The van der Waals surface area contributed by atoms with Crippen LogP contribution in [0.5, 0.6) is 0 Å². The summed E-state index contributed by atoms with van der Waals surface area (Å²) in [5.41, 5.74) is 2.48. The fraction of sp³-hybridized carbons (Fsp3) is 0. The standard InChI is InChI=1S/C19H12ClN3O2/c20-13-8-6-12(7-9-13)18-11-17(23-25-18)19(24)22-16-5-1-4-15-14(16)3-2-10-21-15/h1-11H,(H,22,24). The van der Waals surface area contributed by atoms with E-state index in [2.05, 4.69) is 15.5 Å². The number of amides is 1. The molecule has 4 rings (SSSR count). The number of fused-ring (bicyclic) bond motifs is 1. The minimum absolute atomic E-state index is 0.200. The van der Waals surface area contributed by atoms with E-state index in [9.17, 15) is 4.79 Å². The van der Waals surface area contributed by atoms with Crippen molar-refractivity contribution in [2.24, 2.45) is 0 Å². The summed E-state index contributed by atoms with van der Waals surface area (Å²) in [7, 11) is 0. The van der Waals surface area contributed by atoms with Gasteiger partial charge in [0, 0.05) is 28.2 Å². The van der Waals surface area contributed by atoms with E-state index in [1.807, 2.05) is 30.3 Å². The minimum atomic E-state index is -0.347. The molecule has 2 aromatic carbocycles. The van der Waals surface area contributed by atoms with Gasteiger partial charge in [-0.3, -0.25) is 9.78 Å². The van der Waals surface area contributed by atoms with Gasteiger partial charge in [0.15, 0.2) is 11.5 Å². The summed E-state index contributed by atoms with van der Waals surface area (Å²) in [4.78, 5) is 16.8. The van der Waals surface area contributed by atoms with Gasteiger partial charge in [0.1, 0.15) is 0 Å². The van der Waals surface area contributed by atoms with Crippen molar-refractivity contribution in [2.75, 3.05) is 5.32 Å². The van der Waals surface area contributed by atoms with E-state index in [0.717, 1.165) is 16.5 Å². The van der Waals surface area contributed by atoms with Gasteiger partial charge in [-0.05, 0) is 48.5 Å². The maximum atomic E-state index is 12.5. The normalized spacial score (nSPS) is 10.8. The van der Waals surface area contributed by atoms with Crippen LogP contribution in [0.3, 0.4) is 0 Å². The summed E-state index contributed by atoms with van der Waals surface area (Å²) in [6.07, 6.45) is 1.71. The van der Waals surface area contributed by atoms with Gasteiger partial charge in [0.05, 0.1) is 11.2 Å². The molecule has 0 radical (unpaired) electrons. The van der Waals surface area contributed by atoms with Crippen molar-refractivity contribution in [2.45, 2.75) is 0 Å². The lowest BCUT2D eigenvalue weighted by Gasteiger charge is -2.06. The number of rotatable bonds is 3. The average Bonchev–Trinajstić information content (AvgIpc) is 3.13. The molecule has 0 spiro atoms. The van der Waals surface area contributed by atoms with Gasteiger partial charge < -0.3 is 9.84 Å². The summed E-state index contributed by atoms with van der Waals surface area (Å²) in [6.45, 7) is 0. The molecule has 2 heterocycles. The molecule has 1 amide bonds. The Kier molecular flexibility index (Phi) is 3.91. The molecule has 0 unspecified atom stereocenters. The molecule has 0 saturated carbocycles. The maximum absolute atomic E-state index is 12.5. The Balaban J connectivity index is 1.60. The van der Waals surface area contributed by atoms with Crippen molar-refractivity contribution in [1.29, 1.82) is 0 Å². The van der Waals surface area contributed by atoms with Crippen LogP contribution >= 0.6 is 11.6 Å². The van der Waals surface area contributed by atoms with Crippen LogP contribution in [-0.4, -0.2) is 16.0 Å². The summed E-state index contributed by atoms with van der Waals surface area (Å²) in [5.74, 6) is 0.154. The van der Waals surface area contributed by atoms with E-state index in [-0.39, 0.29) is 11.6 Å². The third kappa shape index (κ3) is 3.09. The number of halogens is 1. The van der Waals surface area contributed by atoms with Gasteiger partial charge in [0.25, 0.3) is 5.91 Å². The van der Waals surface area contributed by atoms with Crippen LogP contribution < -0.4 is 5.32 Å². The number of aromatic nitrogens is 2. The monoisotopic (exact) mass is 349 g/mol. The first-order chi connectivity index (χ1) is 12.2. The highest BCUT2D eigenvalue weighted by molar-refractivity contribution is 6.30. The fourth-order valence-electron chi connectivity index (χ4n) is 2.53. The number of anilines is 1. The molecule has 25 heavy (non-hydrogen) atoms. The van der Waals surface area contributed by atoms with Crippen LogP contribution in [0, 0.1) is 0 Å². The zero-order chi connectivity index (χ0) is 17.2. The van der Waals surface area contributed by atoms with Gasteiger partial charge in [0.2, 0.25) is 0 Å². The summed E-state index contributed by atoms with van der Waals surface area (Å²) in [5, 5.41) is 8.20. The molecule has 4 aromatic rings. The van der Waals surface area contributed by atoms with E-state index < -0.39 is 0 Å². The number of hydrogen-bond donors (Lipinski definition) is 1. The Hall–Kier alpha value is -3.18. The van der Waals surface area contributed by atoms with E-state index in [1.165, 1.54) is 0 Å². The Morgan fingerprint density at radius 3 is 2.72 bits per heavy atom. The Morgan fingerprint density at radius 2 is 1.88 bits per heavy atom. The van der Waals surface area contributed by atoms with Gasteiger partial charge in [-0.2, -0.15) is 0 Å². The summed E-state index contributed by atoms with van der Waals surface area (Å²) < 4.78 is 5.27. The van der Waals surface area contributed by atoms with Crippen molar-refractivity contribution in [3.05, 3.63) is 77.6 Å². The first-order valence-corrected chi connectivity index (χ1v) is 7.96. The number of nitrogens with one attached hydrogen (secondary N) is 1. The smallest absolute Gasteiger partial charge is 0.277 e. The number of pyridine rings is 1. The van der Waals surface area contributed by atoms with Crippen LogP contribution in [0.15, 0.2) is 71.4 Å². The molecule has 0 aliphatic heterocycles. The number of carbonyl (C=O) groups excluding carboxylic acids is 1. The molecule has 6 heteroatoms. The molecule has 0 aliphatic carbocycles. The molecule has 1 N–H and O–H groups in total. The maximum Gasteiger partial charge on any atom is 0.277 e. The van der Waals surface area contributed by atoms with E-state index in [0.29, 0.717) is 16.5 Å². The Bertz CT molecular complexity index is 1050. The molecule has 0 bridgehead atoms. The number of carbonyl (C=O) groups is 1. The second kappa shape index (κ2) is 6.37. The third-order valence-corrected chi connectivity index (χ3v) is 4.02. The van der Waals surface area contributed by atoms with Gasteiger partial charge in [-0.1, -0.05) is 22.8 Å². The Morgan fingerprint density at radius 1 is 1.04 bits per heavy atom. The first kappa shape index (κ1) is 15.4. The van der Waals surface area contributed by atoms with Crippen molar-refractivity contribution in [3.8, 4) is 11.3 Å². The number of benzene rings is 2. The SMILES string of the molecule is O=C(Nc1cccc2ncccc12)c1cc(-c2ccc(Cl)cc2)on1.